The van der Waals surface area contributed by atoms with Gasteiger partial charge in [-0.1, -0.05) is 59.8 Å². The van der Waals surface area contributed by atoms with Crippen molar-refractivity contribution in [2.24, 2.45) is 17.8 Å². The zero-order chi connectivity index (χ0) is 12.6. The van der Waals surface area contributed by atoms with Gasteiger partial charge in [-0.3, -0.25) is 4.79 Å². The van der Waals surface area contributed by atoms with Gasteiger partial charge in [-0.2, -0.15) is 0 Å². The van der Waals surface area contributed by atoms with Crippen molar-refractivity contribution in [1.82, 2.24) is 0 Å². The van der Waals surface area contributed by atoms with Crippen LogP contribution in [-0.4, -0.2) is 11.1 Å². The van der Waals surface area contributed by atoms with Crippen LogP contribution in [0.3, 0.4) is 0 Å². The van der Waals surface area contributed by atoms with E-state index in [4.69, 9.17) is 5.11 Å². The first kappa shape index (κ1) is 15.5. The van der Waals surface area contributed by atoms with Crippen LogP contribution in [0.15, 0.2) is 0 Å². The van der Waals surface area contributed by atoms with Crippen LogP contribution in [0.5, 0.6) is 0 Å². The molecule has 0 heterocycles. The normalized spacial score (nSPS) is 15.1. The topological polar surface area (TPSA) is 37.3 Å². The molecule has 0 saturated heterocycles. The minimum absolute atomic E-state index is 0.178. The highest BCUT2D eigenvalue weighted by Gasteiger charge is 2.11. The lowest BCUT2D eigenvalue weighted by molar-refractivity contribution is -0.141. The van der Waals surface area contributed by atoms with E-state index in [0.717, 1.165) is 24.7 Å². The van der Waals surface area contributed by atoms with Gasteiger partial charge in [0.25, 0.3) is 0 Å². The predicted octanol–water partition coefficient (Wildman–Crippen LogP) is 4.34. The summed E-state index contributed by atoms with van der Waals surface area (Å²) >= 11 is 0. The fraction of sp³-hybridized carbons (Fsp3) is 0.929. The van der Waals surface area contributed by atoms with Gasteiger partial charge < -0.3 is 5.11 Å². The number of hydrogen-bond acceptors (Lipinski definition) is 1. The van der Waals surface area contributed by atoms with E-state index in [2.05, 4.69) is 20.8 Å². The Bertz CT molecular complexity index is 187. The van der Waals surface area contributed by atoms with Gasteiger partial charge in [-0.25, -0.2) is 0 Å². The van der Waals surface area contributed by atoms with Crippen molar-refractivity contribution in [3.05, 3.63) is 0 Å². The van der Waals surface area contributed by atoms with Crippen molar-refractivity contribution in [3.63, 3.8) is 0 Å². The van der Waals surface area contributed by atoms with Crippen molar-refractivity contribution in [1.29, 1.82) is 0 Å². The molecule has 0 fully saturated rings. The highest BCUT2D eigenvalue weighted by atomic mass is 16.4. The van der Waals surface area contributed by atoms with Gasteiger partial charge >= 0.3 is 5.97 Å². The van der Waals surface area contributed by atoms with Gasteiger partial charge in [0.2, 0.25) is 0 Å². The largest absolute Gasteiger partial charge is 0.481 e. The highest BCUT2D eigenvalue weighted by Crippen LogP contribution is 2.19. The van der Waals surface area contributed by atoms with E-state index in [1.54, 1.807) is 6.92 Å². The summed E-state index contributed by atoms with van der Waals surface area (Å²) in [6.45, 7) is 8.61. The van der Waals surface area contributed by atoms with E-state index in [0.29, 0.717) is 0 Å². The van der Waals surface area contributed by atoms with Crippen LogP contribution < -0.4 is 0 Å². The third kappa shape index (κ3) is 8.75. The molecule has 0 saturated carbocycles. The Kier molecular flexibility index (Phi) is 8.32. The molecule has 0 aromatic carbocycles. The maximum Gasteiger partial charge on any atom is 0.306 e. The molecule has 0 spiro atoms. The van der Waals surface area contributed by atoms with E-state index in [-0.39, 0.29) is 5.92 Å². The molecule has 0 aromatic heterocycles. The van der Waals surface area contributed by atoms with Crippen LogP contribution in [0.1, 0.15) is 66.2 Å². The Balaban J connectivity index is 3.43. The smallest absolute Gasteiger partial charge is 0.306 e. The first-order valence-corrected chi connectivity index (χ1v) is 6.66. The van der Waals surface area contributed by atoms with Gasteiger partial charge in [0, 0.05) is 0 Å². The fourth-order valence-electron chi connectivity index (χ4n) is 1.91. The molecule has 0 radical (unpaired) electrons. The van der Waals surface area contributed by atoms with Gasteiger partial charge in [0.15, 0.2) is 0 Å². The number of hydrogen-bond donors (Lipinski definition) is 1. The quantitative estimate of drug-likeness (QED) is 0.637. The lowest BCUT2D eigenvalue weighted by Crippen LogP contribution is -2.09. The molecule has 16 heavy (non-hydrogen) atoms. The van der Waals surface area contributed by atoms with E-state index >= 15 is 0 Å². The molecule has 2 heteroatoms. The van der Waals surface area contributed by atoms with Crippen LogP contribution in [0.2, 0.25) is 0 Å². The molecule has 0 bridgehead atoms. The van der Waals surface area contributed by atoms with Crippen molar-refractivity contribution >= 4 is 5.97 Å². The molecule has 2 atom stereocenters. The van der Waals surface area contributed by atoms with E-state index < -0.39 is 5.97 Å². The first-order valence-electron chi connectivity index (χ1n) is 6.66. The molecule has 0 rings (SSSR count). The molecule has 2 nitrogen and oxygen atoms in total. The number of rotatable bonds is 9. The third-order valence-corrected chi connectivity index (χ3v) is 3.23. The second-order valence-corrected chi connectivity index (χ2v) is 5.60. The number of aliphatic carboxylic acids is 1. The van der Waals surface area contributed by atoms with Crippen LogP contribution in [0.25, 0.3) is 0 Å². The average Bonchev–Trinajstić information content (AvgIpc) is 2.16. The van der Waals surface area contributed by atoms with Gasteiger partial charge in [0.1, 0.15) is 0 Å². The summed E-state index contributed by atoms with van der Waals surface area (Å²) in [6, 6.07) is 0. The second-order valence-electron chi connectivity index (χ2n) is 5.60. The lowest BCUT2D eigenvalue weighted by Gasteiger charge is -2.13. The maximum absolute atomic E-state index is 10.6. The summed E-state index contributed by atoms with van der Waals surface area (Å²) in [5, 5.41) is 8.75. The van der Waals surface area contributed by atoms with Gasteiger partial charge in [-0.05, 0) is 18.3 Å². The summed E-state index contributed by atoms with van der Waals surface area (Å²) in [5.41, 5.74) is 0. The van der Waals surface area contributed by atoms with E-state index in [1.165, 1.54) is 25.7 Å². The average molecular weight is 228 g/mol. The van der Waals surface area contributed by atoms with Gasteiger partial charge in [0.05, 0.1) is 5.92 Å². The predicted molar refractivity (Wildman–Crippen MR) is 68.5 cm³/mol. The van der Waals surface area contributed by atoms with E-state index in [1.807, 2.05) is 0 Å². The molecule has 96 valence electrons. The Morgan fingerprint density at radius 1 is 0.938 bits per heavy atom. The zero-order valence-corrected chi connectivity index (χ0v) is 11.3. The number of carboxylic acids is 1. The van der Waals surface area contributed by atoms with Crippen molar-refractivity contribution in [2.45, 2.75) is 66.2 Å². The maximum atomic E-state index is 10.6. The summed E-state index contributed by atoms with van der Waals surface area (Å²) in [7, 11) is 0. The molecule has 0 aliphatic carbocycles. The van der Waals surface area contributed by atoms with E-state index in [9.17, 15) is 4.79 Å². The Hall–Kier alpha value is -0.530. The van der Waals surface area contributed by atoms with Crippen molar-refractivity contribution < 1.29 is 9.90 Å². The number of carboxylic acid groups (broad SMARTS) is 1. The third-order valence-electron chi connectivity index (χ3n) is 3.23. The highest BCUT2D eigenvalue weighted by molar-refractivity contribution is 5.69. The summed E-state index contributed by atoms with van der Waals surface area (Å²) in [6.07, 6.45) is 6.97. The molecular formula is C14H28O2. The summed E-state index contributed by atoms with van der Waals surface area (Å²) in [4.78, 5) is 10.6. The van der Waals surface area contributed by atoms with Crippen LogP contribution in [0, 0.1) is 17.8 Å². The lowest BCUT2D eigenvalue weighted by atomic mass is 9.93. The second kappa shape index (κ2) is 8.60. The molecular weight excluding hydrogens is 200 g/mol. The van der Waals surface area contributed by atoms with Crippen molar-refractivity contribution in [2.75, 3.05) is 0 Å². The monoisotopic (exact) mass is 228 g/mol. The van der Waals surface area contributed by atoms with Gasteiger partial charge in [-0.15, -0.1) is 0 Å². The minimum atomic E-state index is -0.660. The van der Waals surface area contributed by atoms with Crippen LogP contribution >= 0.6 is 0 Å². The summed E-state index contributed by atoms with van der Waals surface area (Å²) < 4.78 is 0. The minimum Gasteiger partial charge on any atom is -0.481 e. The number of carbonyl (C=O) groups is 1. The Labute approximate surface area is 100 Å². The molecule has 0 aromatic rings. The Morgan fingerprint density at radius 3 is 1.88 bits per heavy atom. The fourth-order valence-corrected chi connectivity index (χ4v) is 1.91. The summed E-state index contributed by atoms with van der Waals surface area (Å²) in [5.74, 6) is 0.717. The zero-order valence-electron chi connectivity index (χ0n) is 11.3. The molecule has 0 aliphatic heterocycles. The molecule has 0 unspecified atom stereocenters. The van der Waals surface area contributed by atoms with Crippen LogP contribution in [-0.2, 0) is 4.79 Å². The van der Waals surface area contributed by atoms with Crippen molar-refractivity contribution in [3.8, 4) is 0 Å². The van der Waals surface area contributed by atoms with Crippen LogP contribution in [0.4, 0.5) is 0 Å². The first-order chi connectivity index (χ1) is 7.43. The SMILES string of the molecule is CC(C)CCC[C@@H](C)CCC[C@@H](C)C(=O)O. The molecule has 0 aliphatic rings. The Morgan fingerprint density at radius 2 is 1.44 bits per heavy atom. The molecule has 1 N–H and O–H groups in total. The standard InChI is InChI=1S/C14H28O2/c1-11(2)7-5-8-12(3)9-6-10-13(4)14(15)16/h11-13H,5-10H2,1-4H3,(H,15,16)/t12-,13-/m1/s1. The molecule has 0 amide bonds.